The van der Waals surface area contributed by atoms with E-state index in [1.54, 1.807) is 11.9 Å². The van der Waals surface area contributed by atoms with E-state index in [0.717, 1.165) is 6.54 Å². The van der Waals surface area contributed by atoms with Gasteiger partial charge in [0.15, 0.2) is 0 Å². The van der Waals surface area contributed by atoms with Gasteiger partial charge in [-0.1, -0.05) is 42.5 Å². The third-order valence-electron chi connectivity index (χ3n) is 4.28. The summed E-state index contributed by atoms with van der Waals surface area (Å²) in [6, 6.07) is 10.4. The topological polar surface area (TPSA) is 83.3 Å². The highest BCUT2D eigenvalue weighted by Gasteiger charge is 2.31. The van der Waals surface area contributed by atoms with E-state index >= 15 is 0 Å². The number of carbonyl (C=O) groups is 1. The average molecular weight is 341 g/mol. The molecule has 0 saturated carbocycles. The number of nitrogens with zero attached hydrogens (tertiary/aromatic N) is 3. The van der Waals surface area contributed by atoms with Crippen LogP contribution in [0.1, 0.15) is 35.1 Å². The maximum atomic E-state index is 12.5. The summed E-state index contributed by atoms with van der Waals surface area (Å²) in [4.78, 5) is 14.2. The first-order valence-corrected chi connectivity index (χ1v) is 8.41. The molecule has 2 atom stereocenters. The first-order valence-electron chi connectivity index (χ1n) is 8.41. The second-order valence-electron chi connectivity index (χ2n) is 6.13. The number of rotatable bonds is 6. The van der Waals surface area contributed by atoms with E-state index in [1.165, 1.54) is 5.56 Å². The Morgan fingerprint density at radius 2 is 2.16 bits per heavy atom. The second kappa shape index (κ2) is 8.04. The van der Waals surface area contributed by atoms with Crippen molar-refractivity contribution in [3.63, 3.8) is 0 Å². The molecule has 7 heteroatoms. The zero-order chi connectivity index (χ0) is 17.6. The Bertz CT molecular complexity index is 728. The Labute approximate surface area is 147 Å². The highest BCUT2D eigenvalue weighted by molar-refractivity contribution is 5.89. The van der Waals surface area contributed by atoms with E-state index in [0.29, 0.717) is 18.9 Å². The fourth-order valence-corrected chi connectivity index (χ4v) is 2.96. The van der Waals surface area contributed by atoms with Gasteiger partial charge in [0.2, 0.25) is 5.89 Å². The number of aromatic nitrogens is 2. The van der Waals surface area contributed by atoms with E-state index in [1.807, 2.05) is 37.3 Å². The highest BCUT2D eigenvalue weighted by Crippen LogP contribution is 2.25. The molecule has 1 fully saturated rings. The van der Waals surface area contributed by atoms with Gasteiger partial charge in [-0.05, 0) is 12.5 Å². The number of amides is 1. The van der Waals surface area contributed by atoms with Crippen LogP contribution in [-0.2, 0) is 6.42 Å². The molecule has 0 radical (unpaired) electrons. The molecule has 0 spiro atoms. The van der Waals surface area contributed by atoms with Crippen molar-refractivity contribution in [3.8, 4) is 0 Å². The fraction of sp³-hybridized carbons (Fsp3) is 0.389. The first kappa shape index (κ1) is 17.3. The van der Waals surface area contributed by atoms with Gasteiger partial charge in [-0.3, -0.25) is 10.2 Å². The van der Waals surface area contributed by atoms with E-state index in [2.05, 4.69) is 33.2 Å². The lowest BCUT2D eigenvalue weighted by Gasteiger charge is -2.24. The maximum Gasteiger partial charge on any atom is 0.311 e. The van der Waals surface area contributed by atoms with Crippen LogP contribution in [0.3, 0.4) is 0 Å². The molecule has 1 aromatic heterocycles. The lowest BCUT2D eigenvalue weighted by molar-refractivity contribution is 0.0730. The van der Waals surface area contributed by atoms with Crippen molar-refractivity contribution in [1.29, 1.82) is 0 Å². The van der Waals surface area contributed by atoms with Crippen LogP contribution in [0.2, 0.25) is 0 Å². The molecule has 132 valence electrons. The lowest BCUT2D eigenvalue weighted by Crippen LogP contribution is -2.35. The van der Waals surface area contributed by atoms with E-state index < -0.39 is 0 Å². The molecular formula is C18H23N5O2. The molecule has 2 heterocycles. The van der Waals surface area contributed by atoms with Crippen LogP contribution < -0.4 is 10.9 Å². The van der Waals surface area contributed by atoms with Gasteiger partial charge in [0, 0.05) is 32.5 Å². The Morgan fingerprint density at radius 1 is 1.36 bits per heavy atom. The van der Waals surface area contributed by atoms with Crippen molar-refractivity contribution in [2.24, 2.45) is 5.92 Å². The molecule has 7 nitrogen and oxygen atoms in total. The summed E-state index contributed by atoms with van der Waals surface area (Å²) in [7, 11) is 1.76. The molecule has 1 aliphatic heterocycles. The first-order chi connectivity index (χ1) is 12.2. The van der Waals surface area contributed by atoms with Crippen LogP contribution in [0, 0.1) is 5.92 Å². The number of nitrogens with one attached hydrogen (secondary N) is 2. The monoisotopic (exact) mass is 341 g/mol. The zero-order valence-corrected chi connectivity index (χ0v) is 14.5. The summed E-state index contributed by atoms with van der Waals surface area (Å²) in [6.07, 6.45) is 4.35. The molecule has 2 aromatic rings. The lowest BCUT2D eigenvalue weighted by atomic mass is 9.94. The zero-order valence-electron chi connectivity index (χ0n) is 14.5. The Hall–Kier alpha value is -2.51. The van der Waals surface area contributed by atoms with Crippen molar-refractivity contribution < 1.29 is 9.21 Å². The largest absolute Gasteiger partial charge is 0.417 e. The van der Waals surface area contributed by atoms with Gasteiger partial charge in [-0.15, -0.1) is 10.2 Å². The second-order valence-corrected chi connectivity index (χ2v) is 6.13. The standard InChI is InChI=1S/C18H23N5O2/c1-3-4-10-15-20-22-17(25-15)18(24)23(2)12-14-11-19-21-16(14)13-8-6-5-7-9-13/h3-9,14,16,19,21H,10-12H2,1-2H3/b4-3+. The predicted octanol–water partition coefficient (Wildman–Crippen LogP) is 1.73. The van der Waals surface area contributed by atoms with Crippen molar-refractivity contribution in [1.82, 2.24) is 25.9 Å². The van der Waals surface area contributed by atoms with Gasteiger partial charge >= 0.3 is 11.8 Å². The molecule has 2 unspecified atom stereocenters. The predicted molar refractivity (Wildman–Crippen MR) is 93.6 cm³/mol. The molecule has 1 amide bonds. The van der Waals surface area contributed by atoms with Crippen molar-refractivity contribution >= 4 is 5.91 Å². The molecule has 3 rings (SSSR count). The molecular weight excluding hydrogens is 318 g/mol. The van der Waals surface area contributed by atoms with Crippen molar-refractivity contribution in [3.05, 3.63) is 59.8 Å². The number of allylic oxidation sites excluding steroid dienone is 2. The molecule has 0 bridgehead atoms. The molecule has 0 aliphatic carbocycles. The Balaban J connectivity index is 1.63. The number of hydrogen-bond donors (Lipinski definition) is 2. The Kier molecular flexibility index (Phi) is 5.57. The smallest absolute Gasteiger partial charge is 0.311 e. The van der Waals surface area contributed by atoms with Crippen molar-refractivity contribution in [2.45, 2.75) is 19.4 Å². The molecule has 2 N–H and O–H groups in total. The van der Waals surface area contributed by atoms with Gasteiger partial charge in [0.1, 0.15) is 0 Å². The van der Waals surface area contributed by atoms with Gasteiger partial charge in [0.25, 0.3) is 0 Å². The third kappa shape index (κ3) is 4.12. The van der Waals surface area contributed by atoms with Gasteiger partial charge in [-0.2, -0.15) is 0 Å². The SMILES string of the molecule is C/C=C/Cc1nnc(C(=O)N(C)CC2CNNC2c2ccccc2)o1. The number of carbonyl (C=O) groups excluding carboxylic acids is 1. The van der Waals surface area contributed by atoms with E-state index in [9.17, 15) is 4.79 Å². The summed E-state index contributed by atoms with van der Waals surface area (Å²) in [5.74, 6) is 0.484. The highest BCUT2D eigenvalue weighted by atomic mass is 16.4. The fourth-order valence-electron chi connectivity index (χ4n) is 2.96. The minimum absolute atomic E-state index is 0.0391. The van der Waals surface area contributed by atoms with Crippen LogP contribution in [-0.4, -0.2) is 41.1 Å². The maximum absolute atomic E-state index is 12.5. The van der Waals surface area contributed by atoms with Crippen LogP contribution >= 0.6 is 0 Å². The van der Waals surface area contributed by atoms with Crippen molar-refractivity contribution in [2.75, 3.05) is 20.1 Å². The van der Waals surface area contributed by atoms with Gasteiger partial charge < -0.3 is 9.32 Å². The van der Waals surface area contributed by atoms with Gasteiger partial charge in [0.05, 0.1) is 6.04 Å². The van der Waals surface area contributed by atoms with Crippen LogP contribution in [0.25, 0.3) is 0 Å². The molecule has 1 aromatic carbocycles. The number of benzene rings is 1. The minimum Gasteiger partial charge on any atom is -0.417 e. The summed E-state index contributed by atoms with van der Waals surface area (Å²) < 4.78 is 5.45. The van der Waals surface area contributed by atoms with Crippen LogP contribution in [0.15, 0.2) is 46.9 Å². The third-order valence-corrected chi connectivity index (χ3v) is 4.28. The Morgan fingerprint density at radius 3 is 2.92 bits per heavy atom. The summed E-state index contributed by atoms with van der Waals surface area (Å²) >= 11 is 0. The van der Waals surface area contributed by atoms with Crippen LogP contribution in [0.5, 0.6) is 0 Å². The molecule has 1 aliphatic rings. The minimum atomic E-state index is -0.252. The van der Waals surface area contributed by atoms with Crippen LogP contribution in [0.4, 0.5) is 0 Å². The summed E-state index contributed by atoms with van der Waals surface area (Å²) in [5, 5.41) is 7.78. The quantitative estimate of drug-likeness (QED) is 0.779. The summed E-state index contributed by atoms with van der Waals surface area (Å²) in [5.41, 5.74) is 7.67. The van der Waals surface area contributed by atoms with E-state index in [4.69, 9.17) is 4.42 Å². The molecule has 25 heavy (non-hydrogen) atoms. The van der Waals surface area contributed by atoms with E-state index in [-0.39, 0.29) is 23.8 Å². The normalized spacial score (nSPS) is 20.2. The average Bonchev–Trinajstić information content (AvgIpc) is 3.29. The summed E-state index contributed by atoms with van der Waals surface area (Å²) in [6.45, 7) is 3.29. The molecule has 1 saturated heterocycles. The van der Waals surface area contributed by atoms with Gasteiger partial charge in [-0.25, -0.2) is 5.43 Å². The number of hydrazine groups is 1. The number of hydrogen-bond acceptors (Lipinski definition) is 6.